The van der Waals surface area contributed by atoms with E-state index in [1.807, 2.05) is 26.0 Å². The molecule has 0 saturated carbocycles. The maximum Gasteiger partial charge on any atom is 0.331 e. The summed E-state index contributed by atoms with van der Waals surface area (Å²) < 4.78 is 32.2. The van der Waals surface area contributed by atoms with Crippen molar-refractivity contribution in [2.24, 2.45) is 0 Å². The molecule has 0 bridgehead atoms. The summed E-state index contributed by atoms with van der Waals surface area (Å²) in [6.07, 6.45) is 6.60. The molecule has 0 unspecified atom stereocenters. The van der Waals surface area contributed by atoms with Crippen molar-refractivity contribution in [3.8, 4) is 0 Å². The summed E-state index contributed by atoms with van der Waals surface area (Å²) in [6.45, 7) is 4.56. The van der Waals surface area contributed by atoms with Gasteiger partial charge >= 0.3 is 5.97 Å². The van der Waals surface area contributed by atoms with Crippen LogP contribution in [-0.4, -0.2) is 44.3 Å². The molecule has 0 aliphatic carbocycles. The van der Waals surface area contributed by atoms with Crippen LogP contribution in [0, 0.1) is 13.8 Å². The summed E-state index contributed by atoms with van der Waals surface area (Å²) in [4.78, 5) is 24.2. The van der Waals surface area contributed by atoms with Crippen molar-refractivity contribution in [1.29, 1.82) is 0 Å². The molecule has 7 nitrogen and oxygen atoms in total. The van der Waals surface area contributed by atoms with E-state index in [2.05, 4.69) is 5.32 Å². The molecule has 0 radical (unpaired) electrons. The summed E-state index contributed by atoms with van der Waals surface area (Å²) in [7, 11) is -3.51. The first kappa shape index (κ1) is 24.7. The Labute approximate surface area is 195 Å². The third-order valence-corrected chi connectivity index (χ3v) is 7.41. The quantitative estimate of drug-likeness (QED) is 0.487. The minimum absolute atomic E-state index is 0.243. The van der Waals surface area contributed by atoms with Gasteiger partial charge in [0.2, 0.25) is 10.0 Å². The monoisotopic (exact) mass is 470 g/mol. The van der Waals surface area contributed by atoms with Gasteiger partial charge in [-0.2, -0.15) is 4.31 Å². The first-order valence-electron chi connectivity index (χ1n) is 11.1. The normalized spacial score (nSPS) is 15.2. The lowest BCUT2D eigenvalue weighted by Crippen LogP contribution is -2.31. The van der Waals surface area contributed by atoms with E-state index in [1.165, 1.54) is 12.2 Å². The smallest absolute Gasteiger partial charge is 0.331 e. The third-order valence-electron chi connectivity index (χ3n) is 5.50. The number of aryl methyl sites for hydroxylation is 2. The van der Waals surface area contributed by atoms with E-state index in [0.717, 1.165) is 36.8 Å². The molecule has 1 saturated heterocycles. The molecule has 1 amide bonds. The average Bonchev–Trinajstić information content (AvgIpc) is 3.09. The predicted molar refractivity (Wildman–Crippen MR) is 128 cm³/mol. The number of ether oxygens (including phenoxy) is 1. The number of hydrogen-bond donors (Lipinski definition) is 1. The molecular weight excluding hydrogens is 440 g/mol. The fourth-order valence-corrected chi connectivity index (χ4v) is 5.19. The molecule has 0 spiro atoms. The molecule has 33 heavy (non-hydrogen) atoms. The van der Waals surface area contributed by atoms with E-state index < -0.39 is 28.5 Å². The summed E-state index contributed by atoms with van der Waals surface area (Å²) in [5.74, 6) is -1.08. The number of esters is 1. The zero-order valence-electron chi connectivity index (χ0n) is 19.0. The molecule has 2 aromatic carbocycles. The second-order valence-electron chi connectivity index (χ2n) is 8.19. The molecule has 176 valence electrons. The molecule has 0 atom stereocenters. The van der Waals surface area contributed by atoms with E-state index in [9.17, 15) is 18.0 Å². The van der Waals surface area contributed by atoms with Gasteiger partial charge in [0.25, 0.3) is 5.91 Å². The predicted octanol–water partition coefficient (Wildman–Crippen LogP) is 4.06. The van der Waals surface area contributed by atoms with Gasteiger partial charge < -0.3 is 10.1 Å². The summed E-state index contributed by atoms with van der Waals surface area (Å²) in [6, 6.07) is 12.0. The van der Waals surface area contributed by atoms with E-state index in [0.29, 0.717) is 24.3 Å². The lowest BCUT2D eigenvalue weighted by Gasteiger charge is -2.19. The molecule has 1 N–H and O–H groups in total. The highest BCUT2D eigenvalue weighted by molar-refractivity contribution is 7.89. The van der Waals surface area contributed by atoms with Crippen LogP contribution in [0.2, 0.25) is 0 Å². The van der Waals surface area contributed by atoms with Crippen LogP contribution in [0.3, 0.4) is 0 Å². The Morgan fingerprint density at radius 3 is 2.30 bits per heavy atom. The number of rotatable bonds is 7. The molecular formula is C25H30N2O5S. The Bertz CT molecular complexity index is 1120. The number of hydrogen-bond acceptors (Lipinski definition) is 5. The molecule has 2 aromatic rings. The van der Waals surface area contributed by atoms with Crippen LogP contribution in [0.4, 0.5) is 5.69 Å². The van der Waals surface area contributed by atoms with Gasteiger partial charge in [0.05, 0.1) is 4.90 Å². The second kappa shape index (κ2) is 11.2. The van der Waals surface area contributed by atoms with Gasteiger partial charge in [-0.3, -0.25) is 4.79 Å². The molecule has 1 heterocycles. The Morgan fingerprint density at radius 1 is 1.00 bits per heavy atom. The van der Waals surface area contributed by atoms with Crippen LogP contribution >= 0.6 is 0 Å². The van der Waals surface area contributed by atoms with Crippen molar-refractivity contribution in [2.45, 2.75) is 44.4 Å². The SMILES string of the molecule is Cc1ccc(NC(=O)COC(=O)/C=C/c2ccc(S(=O)(=O)N3CCCCCC3)cc2)c(C)c1. The van der Waals surface area contributed by atoms with Crippen molar-refractivity contribution in [3.05, 3.63) is 65.2 Å². The minimum atomic E-state index is -3.51. The van der Waals surface area contributed by atoms with Gasteiger partial charge in [-0.05, 0) is 62.1 Å². The van der Waals surface area contributed by atoms with Crippen molar-refractivity contribution >= 4 is 33.7 Å². The Balaban J connectivity index is 1.52. The third kappa shape index (κ3) is 7.00. The van der Waals surface area contributed by atoms with Gasteiger partial charge in [0.1, 0.15) is 0 Å². The zero-order valence-corrected chi connectivity index (χ0v) is 19.9. The minimum Gasteiger partial charge on any atom is -0.452 e. The maximum absolute atomic E-state index is 12.8. The number of amides is 1. The van der Waals surface area contributed by atoms with Gasteiger partial charge in [0, 0.05) is 24.9 Å². The van der Waals surface area contributed by atoms with Crippen molar-refractivity contribution in [1.82, 2.24) is 4.31 Å². The second-order valence-corrected chi connectivity index (χ2v) is 10.1. The van der Waals surface area contributed by atoms with Gasteiger partial charge in [0.15, 0.2) is 6.61 Å². The van der Waals surface area contributed by atoms with Crippen LogP contribution < -0.4 is 5.32 Å². The van der Waals surface area contributed by atoms with E-state index in [4.69, 9.17) is 4.74 Å². The number of anilines is 1. The Morgan fingerprint density at radius 2 is 1.67 bits per heavy atom. The van der Waals surface area contributed by atoms with E-state index in [-0.39, 0.29) is 4.90 Å². The highest BCUT2D eigenvalue weighted by atomic mass is 32.2. The molecule has 1 aliphatic heterocycles. The number of benzene rings is 2. The number of nitrogens with one attached hydrogen (secondary N) is 1. The first-order chi connectivity index (χ1) is 15.8. The Hall–Kier alpha value is -2.97. The number of carbonyl (C=O) groups is 2. The molecule has 8 heteroatoms. The molecule has 1 fully saturated rings. The Kier molecular flexibility index (Phi) is 8.41. The highest BCUT2D eigenvalue weighted by Crippen LogP contribution is 2.21. The van der Waals surface area contributed by atoms with Crippen LogP contribution in [0.25, 0.3) is 6.08 Å². The van der Waals surface area contributed by atoms with Gasteiger partial charge in [-0.1, -0.05) is 42.7 Å². The van der Waals surface area contributed by atoms with Crippen molar-refractivity contribution in [3.63, 3.8) is 0 Å². The summed E-state index contributed by atoms with van der Waals surface area (Å²) >= 11 is 0. The highest BCUT2D eigenvalue weighted by Gasteiger charge is 2.24. The topological polar surface area (TPSA) is 92.8 Å². The summed E-state index contributed by atoms with van der Waals surface area (Å²) in [5.41, 5.74) is 3.35. The number of sulfonamides is 1. The summed E-state index contributed by atoms with van der Waals surface area (Å²) in [5, 5.41) is 2.72. The average molecular weight is 471 g/mol. The fraction of sp³-hybridized carbons (Fsp3) is 0.360. The lowest BCUT2D eigenvalue weighted by molar-refractivity contribution is -0.142. The fourth-order valence-electron chi connectivity index (χ4n) is 3.67. The van der Waals surface area contributed by atoms with Crippen LogP contribution in [0.5, 0.6) is 0 Å². The van der Waals surface area contributed by atoms with E-state index >= 15 is 0 Å². The number of nitrogens with zero attached hydrogens (tertiary/aromatic N) is 1. The van der Waals surface area contributed by atoms with Crippen LogP contribution in [-0.2, 0) is 24.3 Å². The van der Waals surface area contributed by atoms with Crippen molar-refractivity contribution in [2.75, 3.05) is 25.0 Å². The lowest BCUT2D eigenvalue weighted by atomic mass is 10.1. The zero-order chi connectivity index (χ0) is 23.8. The molecule has 0 aromatic heterocycles. The largest absolute Gasteiger partial charge is 0.452 e. The van der Waals surface area contributed by atoms with E-state index in [1.54, 1.807) is 34.6 Å². The van der Waals surface area contributed by atoms with Crippen molar-refractivity contribution < 1.29 is 22.7 Å². The van der Waals surface area contributed by atoms with Gasteiger partial charge in [-0.25, -0.2) is 13.2 Å². The molecule has 3 rings (SSSR count). The maximum atomic E-state index is 12.8. The van der Waals surface area contributed by atoms with Crippen LogP contribution in [0.15, 0.2) is 53.4 Å². The first-order valence-corrected chi connectivity index (χ1v) is 12.5. The standard InChI is InChI=1S/C25H30N2O5S/c1-19-7-13-23(20(2)17-19)26-24(28)18-32-25(29)14-10-21-8-11-22(12-9-21)33(30,31)27-15-5-3-4-6-16-27/h7-14,17H,3-6,15-16,18H2,1-2H3,(H,26,28)/b14-10+. The van der Waals surface area contributed by atoms with Crippen LogP contribution in [0.1, 0.15) is 42.4 Å². The number of carbonyl (C=O) groups excluding carboxylic acids is 2. The molecule has 1 aliphatic rings. The van der Waals surface area contributed by atoms with Gasteiger partial charge in [-0.15, -0.1) is 0 Å².